The number of hydrogen-bond acceptors (Lipinski definition) is 7. The lowest BCUT2D eigenvalue weighted by Crippen LogP contribution is -2.50. The minimum atomic E-state index is -1.34. The molecule has 0 aliphatic carbocycles. The van der Waals surface area contributed by atoms with E-state index in [-0.39, 0.29) is 25.6 Å². The van der Waals surface area contributed by atoms with E-state index in [9.17, 15) is 23.4 Å². The summed E-state index contributed by atoms with van der Waals surface area (Å²) in [5.41, 5.74) is 0. The molecule has 0 spiro atoms. The SMILES string of the molecule is CS(=O)NCC(=O)N1CCCC1C(=O)NCC(=O)C(=O)NCC1COc2ccccc2O1. The van der Waals surface area contributed by atoms with Crippen molar-refractivity contribution < 1.29 is 32.9 Å². The van der Waals surface area contributed by atoms with Crippen molar-refractivity contribution in [3.05, 3.63) is 24.3 Å². The zero-order valence-electron chi connectivity index (χ0n) is 17.6. The second-order valence-electron chi connectivity index (χ2n) is 7.37. The largest absolute Gasteiger partial charge is 0.486 e. The quantitative estimate of drug-likeness (QED) is 0.376. The Morgan fingerprint density at radius 1 is 1.12 bits per heavy atom. The number of carbonyl (C=O) groups is 4. The summed E-state index contributed by atoms with van der Waals surface area (Å²) in [6.07, 6.45) is 2.05. The van der Waals surface area contributed by atoms with Gasteiger partial charge in [0.05, 0.1) is 30.6 Å². The number of ketones is 1. The number of nitrogens with one attached hydrogen (secondary N) is 3. The predicted octanol–water partition coefficient (Wildman–Crippen LogP) is -1.50. The van der Waals surface area contributed by atoms with E-state index in [1.807, 2.05) is 6.07 Å². The van der Waals surface area contributed by atoms with Gasteiger partial charge in [0.1, 0.15) is 18.8 Å². The summed E-state index contributed by atoms with van der Waals surface area (Å²) in [5.74, 6) is -1.33. The fraction of sp³-hybridized carbons (Fsp3) is 0.500. The maximum atomic E-state index is 12.4. The number of ether oxygens (including phenoxy) is 2. The number of amides is 3. The Kier molecular flexibility index (Phi) is 8.17. The lowest BCUT2D eigenvalue weighted by molar-refractivity contribution is -0.140. The van der Waals surface area contributed by atoms with E-state index < -0.39 is 47.3 Å². The molecule has 0 saturated carbocycles. The van der Waals surface area contributed by atoms with Crippen LogP contribution in [0.2, 0.25) is 0 Å². The summed E-state index contributed by atoms with van der Waals surface area (Å²) >= 11 is 0. The third-order valence-corrected chi connectivity index (χ3v) is 5.59. The molecule has 3 rings (SSSR count). The van der Waals surface area contributed by atoms with E-state index in [4.69, 9.17) is 9.47 Å². The molecule has 1 saturated heterocycles. The molecule has 12 heteroatoms. The van der Waals surface area contributed by atoms with E-state index in [1.54, 1.807) is 18.2 Å². The van der Waals surface area contributed by atoms with Gasteiger partial charge < -0.3 is 25.0 Å². The van der Waals surface area contributed by atoms with E-state index in [1.165, 1.54) is 11.2 Å². The van der Waals surface area contributed by atoms with Crippen molar-refractivity contribution in [2.24, 2.45) is 0 Å². The van der Waals surface area contributed by atoms with Crippen LogP contribution in [0.4, 0.5) is 0 Å². The zero-order chi connectivity index (χ0) is 23.1. The van der Waals surface area contributed by atoms with Crippen LogP contribution in [-0.2, 0) is 30.2 Å². The van der Waals surface area contributed by atoms with Crippen molar-refractivity contribution in [1.29, 1.82) is 0 Å². The highest BCUT2D eigenvalue weighted by Crippen LogP contribution is 2.30. The second-order valence-corrected chi connectivity index (χ2v) is 8.57. The van der Waals surface area contributed by atoms with Crippen LogP contribution in [0.5, 0.6) is 11.5 Å². The number of likely N-dealkylation sites (tertiary alicyclic amines) is 1. The first-order valence-electron chi connectivity index (χ1n) is 10.2. The van der Waals surface area contributed by atoms with Gasteiger partial charge in [0.2, 0.25) is 17.6 Å². The van der Waals surface area contributed by atoms with Crippen LogP contribution in [0.15, 0.2) is 24.3 Å². The molecule has 1 aromatic rings. The highest BCUT2D eigenvalue weighted by atomic mass is 32.2. The first-order valence-corrected chi connectivity index (χ1v) is 11.7. The van der Waals surface area contributed by atoms with E-state index >= 15 is 0 Å². The number of carbonyl (C=O) groups excluding carboxylic acids is 4. The summed E-state index contributed by atoms with van der Waals surface area (Å²) in [5, 5.41) is 4.91. The Bertz CT molecular complexity index is 910. The molecule has 32 heavy (non-hydrogen) atoms. The molecule has 3 N–H and O–H groups in total. The maximum absolute atomic E-state index is 12.4. The number of hydrogen-bond donors (Lipinski definition) is 3. The molecule has 0 aromatic heterocycles. The van der Waals surface area contributed by atoms with Gasteiger partial charge in [-0.05, 0) is 25.0 Å². The zero-order valence-corrected chi connectivity index (χ0v) is 18.4. The highest BCUT2D eigenvalue weighted by Gasteiger charge is 2.34. The van der Waals surface area contributed by atoms with Gasteiger partial charge in [0.25, 0.3) is 5.91 Å². The molecule has 11 nitrogen and oxygen atoms in total. The number of Topliss-reactive ketones (excluding diaryl/α,β-unsaturated/α-hetero) is 1. The van der Waals surface area contributed by atoms with Crippen LogP contribution < -0.4 is 24.8 Å². The van der Waals surface area contributed by atoms with Gasteiger partial charge >= 0.3 is 0 Å². The van der Waals surface area contributed by atoms with Crippen molar-refractivity contribution in [2.45, 2.75) is 25.0 Å². The van der Waals surface area contributed by atoms with E-state index in [0.29, 0.717) is 30.9 Å². The topological polar surface area (TPSA) is 143 Å². The molecular formula is C20H26N4O7S. The van der Waals surface area contributed by atoms with Gasteiger partial charge in [-0.3, -0.25) is 19.2 Å². The smallest absolute Gasteiger partial charge is 0.289 e. The molecule has 3 atom stereocenters. The Morgan fingerprint density at radius 2 is 1.88 bits per heavy atom. The van der Waals surface area contributed by atoms with Crippen LogP contribution in [0.25, 0.3) is 0 Å². The van der Waals surface area contributed by atoms with Crippen molar-refractivity contribution in [3.63, 3.8) is 0 Å². The van der Waals surface area contributed by atoms with Crippen LogP contribution in [0.1, 0.15) is 12.8 Å². The van der Waals surface area contributed by atoms with Gasteiger partial charge in [-0.1, -0.05) is 12.1 Å². The molecule has 0 radical (unpaired) electrons. The summed E-state index contributed by atoms with van der Waals surface area (Å²) < 4.78 is 24.9. The first-order chi connectivity index (χ1) is 15.3. The van der Waals surface area contributed by atoms with Crippen molar-refractivity contribution in [3.8, 4) is 11.5 Å². The Labute approximate surface area is 187 Å². The minimum Gasteiger partial charge on any atom is -0.486 e. The van der Waals surface area contributed by atoms with Crippen molar-refractivity contribution >= 4 is 34.5 Å². The Morgan fingerprint density at radius 3 is 2.62 bits per heavy atom. The summed E-state index contributed by atoms with van der Waals surface area (Å²) in [7, 11) is -1.34. The van der Waals surface area contributed by atoms with Crippen LogP contribution in [0.3, 0.4) is 0 Å². The van der Waals surface area contributed by atoms with Crippen LogP contribution in [0, 0.1) is 0 Å². The molecular weight excluding hydrogens is 440 g/mol. The third kappa shape index (κ3) is 6.26. The number of benzene rings is 1. The van der Waals surface area contributed by atoms with E-state index in [2.05, 4.69) is 15.4 Å². The van der Waals surface area contributed by atoms with Crippen molar-refractivity contribution in [1.82, 2.24) is 20.3 Å². The molecule has 1 fully saturated rings. The fourth-order valence-electron chi connectivity index (χ4n) is 3.44. The summed E-state index contributed by atoms with van der Waals surface area (Å²) in [6, 6.07) is 6.42. The number of nitrogens with zero attached hydrogens (tertiary/aromatic N) is 1. The second kappa shape index (κ2) is 11.0. The maximum Gasteiger partial charge on any atom is 0.289 e. The van der Waals surface area contributed by atoms with Gasteiger partial charge in [-0.15, -0.1) is 0 Å². The molecule has 2 aliphatic heterocycles. The molecule has 2 heterocycles. The number of rotatable bonds is 9. The van der Waals surface area contributed by atoms with Gasteiger partial charge in [-0.2, -0.15) is 0 Å². The monoisotopic (exact) mass is 466 g/mol. The first kappa shape index (κ1) is 23.7. The van der Waals surface area contributed by atoms with Gasteiger partial charge in [0.15, 0.2) is 11.5 Å². The standard InChI is InChI=1S/C20H26N4O7S/c1-32(29)23-11-18(26)24-8-4-5-14(24)19(27)22-10-15(25)20(28)21-9-13-12-30-16-6-2-3-7-17(16)31-13/h2-3,6-7,13-14,23H,4-5,8-12H2,1H3,(H,21,28)(H,22,27). The van der Waals surface area contributed by atoms with Crippen molar-refractivity contribution in [2.75, 3.05) is 39.0 Å². The molecule has 1 aromatic carbocycles. The Hall–Kier alpha value is -2.99. The average Bonchev–Trinajstić information content (AvgIpc) is 3.29. The lowest BCUT2D eigenvalue weighted by Gasteiger charge is -2.26. The normalized spacial score (nSPS) is 20.3. The molecule has 0 bridgehead atoms. The van der Waals surface area contributed by atoms with Crippen LogP contribution >= 0.6 is 0 Å². The van der Waals surface area contributed by atoms with Gasteiger partial charge in [-0.25, -0.2) is 8.93 Å². The fourth-order valence-corrected chi connectivity index (χ4v) is 3.76. The lowest BCUT2D eigenvalue weighted by atomic mass is 10.2. The molecule has 3 unspecified atom stereocenters. The number of para-hydroxylation sites is 2. The minimum absolute atomic E-state index is 0.0730. The predicted molar refractivity (Wildman–Crippen MR) is 114 cm³/mol. The highest BCUT2D eigenvalue weighted by molar-refractivity contribution is 7.82. The molecule has 2 aliphatic rings. The van der Waals surface area contributed by atoms with Gasteiger partial charge in [0, 0.05) is 12.8 Å². The summed E-state index contributed by atoms with van der Waals surface area (Å²) in [4.78, 5) is 50.2. The molecule has 174 valence electrons. The summed E-state index contributed by atoms with van der Waals surface area (Å²) in [6.45, 7) is 0.0741. The Balaban J connectivity index is 1.40. The third-order valence-electron chi connectivity index (χ3n) is 5.04. The number of fused-ring (bicyclic) bond motifs is 1. The molecule has 3 amide bonds. The van der Waals surface area contributed by atoms with Crippen LogP contribution in [-0.4, -0.2) is 83.8 Å². The van der Waals surface area contributed by atoms with E-state index in [0.717, 1.165) is 0 Å². The average molecular weight is 467 g/mol.